The fraction of sp³-hybridized carbons (Fsp3) is 0. The van der Waals surface area contributed by atoms with E-state index in [1.54, 1.807) is 0 Å². The van der Waals surface area contributed by atoms with Crippen molar-refractivity contribution in [3.63, 3.8) is 0 Å². The second-order valence-electron chi connectivity index (χ2n) is 1.57. The van der Waals surface area contributed by atoms with Crippen molar-refractivity contribution in [2.24, 2.45) is 0 Å². The van der Waals surface area contributed by atoms with Crippen LogP contribution in [0, 0.1) is 12.4 Å². The molecule has 0 aromatic carbocycles. The molecule has 0 aliphatic heterocycles. The summed E-state index contributed by atoms with van der Waals surface area (Å²) in [6.45, 7) is 6.43. The lowest BCUT2D eigenvalue weighted by molar-refractivity contribution is 0.629. The zero-order valence-corrected chi connectivity index (χ0v) is 5.56. The summed E-state index contributed by atoms with van der Waals surface area (Å²) < 4.78 is 12.5. The average Bonchev–Trinajstić information content (AvgIpc) is 1.88. The quantitative estimate of drug-likeness (QED) is 0.528. The molecule has 4 heteroatoms. The number of pyridine rings is 1. The first kappa shape index (κ1) is 6.97. The summed E-state index contributed by atoms with van der Waals surface area (Å²) in [6.07, 6.45) is 1.23. The van der Waals surface area contributed by atoms with Crippen LogP contribution in [0.2, 0.25) is 5.02 Å². The Morgan fingerprint density at radius 3 is 2.90 bits per heavy atom. The highest BCUT2D eigenvalue weighted by molar-refractivity contribution is 6.30. The van der Waals surface area contributed by atoms with E-state index >= 15 is 0 Å². The van der Waals surface area contributed by atoms with Crippen molar-refractivity contribution in [3.05, 3.63) is 34.5 Å². The zero-order chi connectivity index (χ0) is 7.56. The number of rotatable bonds is 0. The van der Waals surface area contributed by atoms with Crippen LogP contribution in [0.15, 0.2) is 12.3 Å². The maximum absolute atomic E-state index is 12.5. The second kappa shape index (κ2) is 2.63. The van der Waals surface area contributed by atoms with Gasteiger partial charge in [0.25, 0.3) is 0 Å². The van der Waals surface area contributed by atoms with Crippen molar-refractivity contribution in [1.82, 2.24) is 4.98 Å². The second-order valence-corrected chi connectivity index (χ2v) is 2.01. The first-order valence-corrected chi connectivity index (χ1v) is 2.80. The Bertz CT molecular complexity index is 292. The van der Waals surface area contributed by atoms with Crippen molar-refractivity contribution in [1.29, 1.82) is 0 Å². The highest BCUT2D eigenvalue weighted by atomic mass is 35.5. The third kappa shape index (κ3) is 1.23. The van der Waals surface area contributed by atoms with E-state index in [0.29, 0.717) is 0 Å². The van der Waals surface area contributed by atoms with Crippen LogP contribution in [0.4, 0.5) is 10.2 Å². The first-order valence-electron chi connectivity index (χ1n) is 2.42. The van der Waals surface area contributed by atoms with Crippen molar-refractivity contribution < 1.29 is 4.39 Å². The summed E-state index contributed by atoms with van der Waals surface area (Å²) in [4.78, 5) is 6.25. The molecule has 0 aliphatic rings. The van der Waals surface area contributed by atoms with E-state index in [0.717, 1.165) is 6.07 Å². The molecular formula is C6H2ClFN2. The minimum Gasteiger partial charge on any atom is -0.358 e. The largest absolute Gasteiger partial charge is 0.358 e. The summed E-state index contributed by atoms with van der Waals surface area (Å²) in [5.41, 5.74) is 0. The number of aromatic nitrogens is 1. The molecule has 1 rings (SSSR count). The predicted molar refractivity (Wildman–Crippen MR) is 35.5 cm³/mol. The SMILES string of the molecule is [C-]#[N+]c1ncc(Cl)cc1F. The molecule has 0 atom stereocenters. The Kier molecular flexibility index (Phi) is 1.83. The molecule has 1 heterocycles. The third-order valence-electron chi connectivity index (χ3n) is 0.894. The normalized spacial score (nSPS) is 8.90. The van der Waals surface area contributed by atoms with Gasteiger partial charge in [0.1, 0.15) is 6.20 Å². The van der Waals surface area contributed by atoms with Crippen LogP contribution in [-0.2, 0) is 0 Å². The molecule has 0 aliphatic carbocycles. The molecule has 0 N–H and O–H groups in total. The van der Waals surface area contributed by atoms with Crippen LogP contribution in [0.1, 0.15) is 0 Å². The van der Waals surface area contributed by atoms with Crippen LogP contribution in [0.3, 0.4) is 0 Å². The summed E-state index contributed by atoms with van der Waals surface area (Å²) in [7, 11) is 0. The molecule has 1 aromatic heterocycles. The van der Waals surface area contributed by atoms with E-state index in [1.165, 1.54) is 6.20 Å². The summed E-state index contributed by atoms with van der Waals surface area (Å²) in [6, 6.07) is 1.06. The lowest BCUT2D eigenvalue weighted by Crippen LogP contribution is -1.77. The van der Waals surface area contributed by atoms with Crippen molar-refractivity contribution in [2.45, 2.75) is 0 Å². The third-order valence-corrected chi connectivity index (χ3v) is 1.10. The van der Waals surface area contributed by atoms with Crippen LogP contribution in [0.25, 0.3) is 4.85 Å². The van der Waals surface area contributed by atoms with Gasteiger partial charge in [0.15, 0.2) is 5.82 Å². The maximum Gasteiger partial charge on any atom is 0.305 e. The van der Waals surface area contributed by atoms with Crippen molar-refractivity contribution in [3.8, 4) is 0 Å². The molecule has 0 spiro atoms. The van der Waals surface area contributed by atoms with Gasteiger partial charge in [-0.1, -0.05) is 18.2 Å². The smallest absolute Gasteiger partial charge is 0.305 e. The van der Waals surface area contributed by atoms with Gasteiger partial charge < -0.3 is 4.85 Å². The monoisotopic (exact) mass is 156 g/mol. The van der Waals surface area contributed by atoms with Crippen LogP contribution >= 0.6 is 11.6 Å². The molecule has 0 radical (unpaired) electrons. The molecule has 1 aromatic rings. The average molecular weight is 157 g/mol. The van der Waals surface area contributed by atoms with E-state index in [2.05, 4.69) is 9.83 Å². The topological polar surface area (TPSA) is 17.2 Å². The Morgan fingerprint density at radius 1 is 1.70 bits per heavy atom. The van der Waals surface area contributed by atoms with Crippen LogP contribution in [0.5, 0.6) is 0 Å². The van der Waals surface area contributed by atoms with Gasteiger partial charge in [-0.3, -0.25) is 0 Å². The van der Waals surface area contributed by atoms with Gasteiger partial charge in [0.2, 0.25) is 0 Å². The fourth-order valence-electron chi connectivity index (χ4n) is 0.490. The van der Waals surface area contributed by atoms with Gasteiger partial charge in [-0.05, 0) is 6.07 Å². The number of hydrogen-bond acceptors (Lipinski definition) is 1. The predicted octanol–water partition coefficient (Wildman–Crippen LogP) is 2.42. The van der Waals surface area contributed by atoms with Gasteiger partial charge >= 0.3 is 5.82 Å². The van der Waals surface area contributed by atoms with Crippen LogP contribution in [-0.4, -0.2) is 4.98 Å². The van der Waals surface area contributed by atoms with Gasteiger partial charge in [0, 0.05) is 0 Å². The highest BCUT2D eigenvalue weighted by Gasteiger charge is 2.02. The van der Waals surface area contributed by atoms with Crippen LogP contribution < -0.4 is 0 Å². The standard InChI is InChI=1S/C6H2ClFN2/c1-9-6-5(8)2-4(7)3-10-6/h2-3H. The molecule has 0 amide bonds. The number of halogens is 2. The van der Waals surface area contributed by atoms with E-state index in [1.807, 2.05) is 0 Å². The molecule has 0 unspecified atom stereocenters. The van der Waals surface area contributed by atoms with Gasteiger partial charge in [-0.15, -0.1) is 4.98 Å². The van der Waals surface area contributed by atoms with E-state index in [-0.39, 0.29) is 10.8 Å². The van der Waals surface area contributed by atoms with E-state index in [9.17, 15) is 4.39 Å². The number of hydrogen-bond donors (Lipinski definition) is 0. The minimum atomic E-state index is -0.678. The highest BCUT2D eigenvalue weighted by Crippen LogP contribution is 2.17. The summed E-state index contributed by atoms with van der Waals surface area (Å²) in [5, 5.41) is 0.199. The Morgan fingerprint density at radius 2 is 2.40 bits per heavy atom. The molecule has 50 valence electrons. The van der Waals surface area contributed by atoms with Gasteiger partial charge in [0.05, 0.1) is 5.02 Å². The minimum absolute atomic E-state index is 0.199. The molecule has 10 heavy (non-hydrogen) atoms. The Labute approximate surface area is 62.1 Å². The zero-order valence-electron chi connectivity index (χ0n) is 4.81. The molecule has 2 nitrogen and oxygen atoms in total. The molecule has 0 bridgehead atoms. The molecular weight excluding hydrogens is 155 g/mol. The molecule has 0 fully saturated rings. The van der Waals surface area contributed by atoms with Gasteiger partial charge in [-0.2, -0.15) is 0 Å². The van der Waals surface area contributed by atoms with E-state index in [4.69, 9.17) is 18.2 Å². The lowest BCUT2D eigenvalue weighted by Gasteiger charge is -1.89. The lowest BCUT2D eigenvalue weighted by atomic mass is 10.4. The fourth-order valence-corrected chi connectivity index (χ4v) is 0.634. The van der Waals surface area contributed by atoms with Crippen molar-refractivity contribution >= 4 is 17.4 Å². The summed E-state index contributed by atoms with van der Waals surface area (Å²) >= 11 is 5.37. The summed E-state index contributed by atoms with van der Waals surface area (Å²) in [5.74, 6) is -0.924. The molecule has 0 saturated carbocycles. The Hall–Kier alpha value is -1.14. The van der Waals surface area contributed by atoms with E-state index < -0.39 is 5.82 Å². The maximum atomic E-state index is 12.5. The first-order chi connectivity index (χ1) is 4.74. The van der Waals surface area contributed by atoms with Crippen molar-refractivity contribution in [2.75, 3.05) is 0 Å². The Balaban J connectivity index is 3.23. The van der Waals surface area contributed by atoms with Gasteiger partial charge in [-0.25, -0.2) is 4.39 Å². The molecule has 0 saturated heterocycles. The number of nitrogens with zero attached hydrogens (tertiary/aromatic N) is 2.